The fraction of sp³-hybridized carbons (Fsp3) is 0.611. The Morgan fingerprint density at radius 2 is 2.43 bits per heavy atom. The third kappa shape index (κ3) is 1.32. The summed E-state index contributed by atoms with van der Waals surface area (Å²) in [4.78, 5) is 13.9. The molecule has 1 saturated carbocycles. The van der Waals surface area contributed by atoms with Crippen molar-refractivity contribution in [3.8, 4) is 11.5 Å². The van der Waals surface area contributed by atoms with Crippen molar-refractivity contribution in [2.24, 2.45) is 0 Å². The number of methoxy groups -OCH3 is 1. The number of ketones is 1. The zero-order valence-electron chi connectivity index (χ0n) is 19.6. The average molecular weight is 322 g/mol. The molecule has 1 spiro atoms. The predicted molar refractivity (Wildman–Crippen MR) is 83.0 cm³/mol. The van der Waals surface area contributed by atoms with Crippen LogP contribution in [0.1, 0.15) is 40.0 Å². The molecule has 2 aliphatic carbocycles. The van der Waals surface area contributed by atoms with E-state index in [2.05, 4.69) is 0 Å². The lowest BCUT2D eigenvalue weighted by Gasteiger charge is -2.62. The van der Waals surface area contributed by atoms with Crippen LogP contribution in [0.15, 0.2) is 12.1 Å². The van der Waals surface area contributed by atoms with Gasteiger partial charge < -0.3 is 19.5 Å². The van der Waals surface area contributed by atoms with E-state index in [-0.39, 0.29) is 54.2 Å². The molecule has 4 atom stereocenters. The van der Waals surface area contributed by atoms with Crippen molar-refractivity contribution >= 4 is 5.78 Å². The Bertz CT molecular complexity index is 996. The van der Waals surface area contributed by atoms with Crippen LogP contribution < -0.4 is 9.47 Å². The number of rotatable bonds is 1. The quantitative estimate of drug-likeness (QED) is 0.837. The Balaban J connectivity index is 1.94. The molecule has 1 aromatic carbocycles. The predicted octanol–water partition coefficient (Wildman–Crippen LogP) is 1.05. The fourth-order valence-electron chi connectivity index (χ4n) is 4.93. The summed E-state index contributed by atoms with van der Waals surface area (Å²) >= 11 is 0. The molecule has 2 heterocycles. The zero-order chi connectivity index (χ0) is 22.0. The van der Waals surface area contributed by atoms with E-state index in [9.17, 15) is 9.90 Å². The lowest BCUT2D eigenvalue weighted by atomic mass is 9.49. The number of benzene rings is 1. The van der Waals surface area contributed by atoms with Gasteiger partial charge in [0, 0.05) is 24.9 Å². The van der Waals surface area contributed by atoms with Crippen molar-refractivity contribution in [2.45, 2.75) is 48.8 Å². The summed E-state index contributed by atoms with van der Waals surface area (Å²) in [5.74, 6) is -0.340. The monoisotopic (exact) mass is 322 g/mol. The van der Waals surface area contributed by atoms with E-state index >= 15 is 0 Å². The van der Waals surface area contributed by atoms with Gasteiger partial charge in [-0.2, -0.15) is 0 Å². The van der Waals surface area contributed by atoms with Crippen LogP contribution in [-0.2, 0) is 16.6 Å². The van der Waals surface area contributed by atoms with Gasteiger partial charge in [0.05, 0.1) is 20.9 Å². The van der Waals surface area contributed by atoms with Gasteiger partial charge in [0.15, 0.2) is 23.4 Å². The molecule has 2 aliphatic heterocycles. The molecule has 122 valence electrons. The van der Waals surface area contributed by atoms with E-state index in [1.807, 2.05) is 0 Å². The first kappa shape index (κ1) is 8.49. The summed E-state index contributed by atoms with van der Waals surface area (Å²) in [7, 11) is 1.30. The van der Waals surface area contributed by atoms with Gasteiger partial charge in [-0.05, 0) is 44.3 Å². The molecule has 4 aliphatic rings. The molecule has 2 fully saturated rings. The van der Waals surface area contributed by atoms with Gasteiger partial charge in [0.1, 0.15) is 0 Å². The Morgan fingerprint density at radius 1 is 1.57 bits per heavy atom. The molecule has 5 rings (SSSR count). The number of carbonyl (C=O) groups excluding carboxylic acids is 1. The second-order valence-electron chi connectivity index (χ2n) is 6.71. The van der Waals surface area contributed by atoms with Gasteiger partial charge in [0.25, 0.3) is 0 Å². The van der Waals surface area contributed by atoms with Gasteiger partial charge in [-0.15, -0.1) is 0 Å². The molecule has 1 aromatic rings. The van der Waals surface area contributed by atoms with Gasteiger partial charge >= 0.3 is 0 Å². The van der Waals surface area contributed by atoms with Crippen LogP contribution in [-0.4, -0.2) is 54.2 Å². The van der Waals surface area contributed by atoms with Crippen LogP contribution in [0, 0.1) is 0 Å². The summed E-state index contributed by atoms with van der Waals surface area (Å²) < 4.78 is 69.7. The number of carbonyl (C=O) groups is 1. The number of hydrogen-bond donors (Lipinski definition) is 1. The highest BCUT2D eigenvalue weighted by molar-refractivity contribution is 5.90. The molecule has 0 radical (unpaired) electrons. The lowest BCUT2D eigenvalue weighted by Crippen LogP contribution is -2.76. The summed E-state index contributed by atoms with van der Waals surface area (Å²) in [6.45, 7) is -2.77. The number of likely N-dealkylation sites (tertiary alicyclic amines) is 1. The highest BCUT2D eigenvalue weighted by Crippen LogP contribution is 2.64. The number of likely N-dealkylation sites (N-methyl/N-ethyl adjacent to an activating group) is 1. The first-order chi connectivity index (χ1) is 13.8. The van der Waals surface area contributed by atoms with E-state index in [1.54, 1.807) is 0 Å². The number of piperidine rings is 1. The molecule has 5 heteroatoms. The number of nitrogens with zero attached hydrogens (tertiary/aromatic N) is 1. The molecule has 1 unspecified atom stereocenters. The fourth-order valence-corrected chi connectivity index (χ4v) is 4.93. The standard InChI is InChI=1S/C18H21NO4/c1-19-8-7-17-14-10-3-4-12(22-2)15(14)23-16(17)11(20)5-6-18(17,21)13(19)9-10/h3-4,13,16,21H,5-9H2,1-2H3/t13-,16?,17+,18-/m1/s1/i1D3,3D,4D,9D2. The van der Waals surface area contributed by atoms with Crippen LogP contribution in [0.3, 0.4) is 0 Å². The summed E-state index contributed by atoms with van der Waals surface area (Å²) in [5, 5.41) is 12.0. The van der Waals surface area contributed by atoms with E-state index < -0.39 is 48.6 Å². The Kier molecular flexibility index (Phi) is 1.51. The highest BCUT2D eigenvalue weighted by atomic mass is 16.5. The average Bonchev–Trinajstić information content (AvgIpc) is 2.97. The van der Waals surface area contributed by atoms with Crippen LogP contribution >= 0.6 is 0 Å². The third-order valence-corrected chi connectivity index (χ3v) is 5.93. The number of ether oxygens (including phenoxy) is 2. The molecule has 23 heavy (non-hydrogen) atoms. The molecule has 1 N–H and O–H groups in total. The minimum absolute atomic E-state index is 0.0110. The maximum absolute atomic E-state index is 12.9. The van der Waals surface area contributed by atoms with Crippen LogP contribution in [0.2, 0.25) is 0 Å². The molecule has 0 aromatic heterocycles. The Morgan fingerprint density at radius 3 is 3.22 bits per heavy atom. The van der Waals surface area contributed by atoms with E-state index in [4.69, 9.17) is 19.1 Å². The SMILES string of the molecule is [2H]c1c([2H])c2c3c(c1OC)OC1C(=O)CC[C@@]4(O)[C@H](N(C([2H])([2H])[2H])CC[C@]314)C2([2H])[2H]. The van der Waals surface area contributed by atoms with E-state index in [0.29, 0.717) is 0 Å². The van der Waals surface area contributed by atoms with Crippen LogP contribution in [0.25, 0.3) is 0 Å². The normalized spacial score (nSPS) is 47.7. The van der Waals surface area contributed by atoms with Crippen molar-refractivity contribution in [1.82, 2.24) is 4.90 Å². The number of hydrogen-bond acceptors (Lipinski definition) is 5. The van der Waals surface area contributed by atoms with Crippen molar-refractivity contribution in [1.29, 1.82) is 0 Å². The molecule has 2 bridgehead atoms. The lowest BCUT2D eigenvalue weighted by molar-refractivity contribution is -0.185. The van der Waals surface area contributed by atoms with Gasteiger partial charge in [0.2, 0.25) is 0 Å². The summed E-state index contributed by atoms with van der Waals surface area (Å²) in [6.07, 6.45) is -3.77. The highest BCUT2D eigenvalue weighted by Gasteiger charge is 2.72. The molecule has 5 nitrogen and oxygen atoms in total. The van der Waals surface area contributed by atoms with Gasteiger partial charge in [-0.25, -0.2) is 0 Å². The Hall–Kier alpha value is -1.59. The van der Waals surface area contributed by atoms with Crippen molar-refractivity contribution < 1.29 is 29.0 Å². The summed E-state index contributed by atoms with van der Waals surface area (Å²) in [6, 6.07) is -2.38. The molecular weight excluding hydrogens is 294 g/mol. The minimum Gasteiger partial charge on any atom is -0.493 e. The molecular formula is C18H21NO4. The smallest absolute Gasteiger partial charge is 0.174 e. The second-order valence-corrected chi connectivity index (χ2v) is 6.71. The van der Waals surface area contributed by atoms with Crippen molar-refractivity contribution in [3.05, 3.63) is 23.2 Å². The minimum atomic E-state index is -2.69. The van der Waals surface area contributed by atoms with Gasteiger partial charge in [-0.1, -0.05) is 6.04 Å². The largest absolute Gasteiger partial charge is 0.493 e. The van der Waals surface area contributed by atoms with Crippen LogP contribution in [0.4, 0.5) is 0 Å². The van der Waals surface area contributed by atoms with E-state index in [1.165, 1.54) is 7.11 Å². The number of Topliss-reactive ketones (excluding diaryl/α,β-unsaturated/α-hetero) is 1. The van der Waals surface area contributed by atoms with Crippen molar-refractivity contribution in [3.63, 3.8) is 0 Å². The van der Waals surface area contributed by atoms with E-state index in [0.717, 1.165) is 4.90 Å². The maximum atomic E-state index is 12.9. The zero-order valence-corrected chi connectivity index (χ0v) is 12.6. The number of aliphatic hydroxyl groups is 1. The second kappa shape index (κ2) is 4.08. The Labute approximate surface area is 145 Å². The summed E-state index contributed by atoms with van der Waals surface area (Å²) in [5.41, 5.74) is -3.29. The maximum Gasteiger partial charge on any atom is 0.174 e. The molecule has 0 amide bonds. The van der Waals surface area contributed by atoms with Crippen LogP contribution in [0.5, 0.6) is 11.5 Å². The first-order valence-electron chi connectivity index (χ1n) is 11.2. The first-order valence-corrected chi connectivity index (χ1v) is 7.74. The van der Waals surface area contributed by atoms with Gasteiger partial charge in [-0.3, -0.25) is 4.79 Å². The topological polar surface area (TPSA) is 59.0 Å². The van der Waals surface area contributed by atoms with Crippen molar-refractivity contribution in [2.75, 3.05) is 20.6 Å². The third-order valence-electron chi connectivity index (χ3n) is 5.93. The molecule has 1 saturated heterocycles.